The van der Waals surface area contributed by atoms with E-state index in [4.69, 9.17) is 11.6 Å². The molecule has 3 rings (SSSR count). The molecule has 0 fully saturated rings. The topological polar surface area (TPSA) is 78.5 Å². The molecular formula is C20H24ClN3O3S. The summed E-state index contributed by atoms with van der Waals surface area (Å²) in [6.07, 6.45) is 0.618. The monoisotopic (exact) mass is 421 g/mol. The molecule has 0 aliphatic carbocycles. The average Bonchev–Trinajstić information content (AvgIpc) is 2.69. The van der Waals surface area contributed by atoms with Gasteiger partial charge in [-0.1, -0.05) is 29.8 Å². The molecule has 0 unspecified atom stereocenters. The number of benzene rings is 2. The summed E-state index contributed by atoms with van der Waals surface area (Å²) >= 11 is 6.09. The summed E-state index contributed by atoms with van der Waals surface area (Å²) in [5.74, 6) is -0.0717. The molecular weight excluding hydrogens is 398 g/mol. The van der Waals surface area contributed by atoms with E-state index in [1.54, 1.807) is 19.1 Å². The van der Waals surface area contributed by atoms with Crippen molar-refractivity contribution in [2.24, 2.45) is 0 Å². The molecule has 0 saturated heterocycles. The van der Waals surface area contributed by atoms with Crippen molar-refractivity contribution in [3.05, 3.63) is 58.1 Å². The lowest BCUT2D eigenvalue weighted by molar-refractivity contribution is -0.114. The maximum absolute atomic E-state index is 12.3. The fraction of sp³-hybridized carbons (Fsp3) is 0.350. The second-order valence-electron chi connectivity index (χ2n) is 6.74. The Morgan fingerprint density at radius 2 is 1.89 bits per heavy atom. The van der Waals surface area contributed by atoms with E-state index in [2.05, 4.69) is 10.6 Å². The number of fused-ring (bicyclic) bond motifs is 1. The highest BCUT2D eigenvalue weighted by Crippen LogP contribution is 2.28. The van der Waals surface area contributed by atoms with E-state index < -0.39 is 10.0 Å². The van der Waals surface area contributed by atoms with Gasteiger partial charge in [-0.25, -0.2) is 8.42 Å². The summed E-state index contributed by atoms with van der Waals surface area (Å²) in [7, 11) is -3.21. The first kappa shape index (κ1) is 20.6. The van der Waals surface area contributed by atoms with E-state index in [9.17, 15) is 13.2 Å². The molecule has 1 heterocycles. The quantitative estimate of drug-likeness (QED) is 0.749. The zero-order valence-corrected chi connectivity index (χ0v) is 17.5. The van der Waals surface area contributed by atoms with Crippen LogP contribution in [0.3, 0.4) is 0 Å². The highest BCUT2D eigenvalue weighted by Gasteiger charge is 2.26. The minimum Gasteiger partial charge on any atom is -0.376 e. The smallest absolute Gasteiger partial charge is 0.243 e. The van der Waals surface area contributed by atoms with Gasteiger partial charge < -0.3 is 10.6 Å². The normalized spacial score (nSPS) is 14.4. The number of carbonyl (C=O) groups is 1. The molecule has 0 radical (unpaired) electrons. The Morgan fingerprint density at radius 3 is 2.64 bits per heavy atom. The zero-order valence-electron chi connectivity index (χ0n) is 16.0. The van der Waals surface area contributed by atoms with Gasteiger partial charge in [-0.15, -0.1) is 0 Å². The largest absolute Gasteiger partial charge is 0.376 e. The molecule has 28 heavy (non-hydrogen) atoms. The lowest BCUT2D eigenvalue weighted by Crippen LogP contribution is -2.37. The van der Waals surface area contributed by atoms with Crippen LogP contribution in [0.15, 0.2) is 36.4 Å². The van der Waals surface area contributed by atoms with Gasteiger partial charge in [0.15, 0.2) is 0 Å². The van der Waals surface area contributed by atoms with Crippen LogP contribution in [0.5, 0.6) is 0 Å². The van der Waals surface area contributed by atoms with E-state index in [0.29, 0.717) is 30.2 Å². The Morgan fingerprint density at radius 1 is 1.18 bits per heavy atom. The van der Waals surface area contributed by atoms with Gasteiger partial charge in [-0.05, 0) is 55.2 Å². The number of hydrogen-bond acceptors (Lipinski definition) is 4. The first-order chi connectivity index (χ1) is 13.3. The molecule has 150 valence electrons. The van der Waals surface area contributed by atoms with Gasteiger partial charge in [-0.3, -0.25) is 4.79 Å². The van der Waals surface area contributed by atoms with Crippen molar-refractivity contribution in [3.8, 4) is 0 Å². The van der Waals surface area contributed by atoms with E-state index in [0.717, 1.165) is 22.4 Å². The molecule has 0 atom stereocenters. The first-order valence-electron chi connectivity index (χ1n) is 9.19. The summed E-state index contributed by atoms with van der Waals surface area (Å²) in [5, 5.41) is 6.65. The highest BCUT2D eigenvalue weighted by atomic mass is 35.5. The van der Waals surface area contributed by atoms with Crippen molar-refractivity contribution in [1.82, 2.24) is 4.31 Å². The van der Waals surface area contributed by atoms with Crippen LogP contribution < -0.4 is 10.6 Å². The van der Waals surface area contributed by atoms with Gasteiger partial charge in [0.25, 0.3) is 0 Å². The molecule has 6 nitrogen and oxygen atoms in total. The molecule has 1 aliphatic rings. The molecule has 1 aliphatic heterocycles. The van der Waals surface area contributed by atoms with Crippen molar-refractivity contribution >= 4 is 38.9 Å². The fourth-order valence-corrected chi connectivity index (χ4v) is 4.53. The van der Waals surface area contributed by atoms with Crippen molar-refractivity contribution in [3.63, 3.8) is 0 Å². The minimum atomic E-state index is -3.21. The average molecular weight is 422 g/mol. The number of anilines is 2. The maximum atomic E-state index is 12.3. The number of hydrogen-bond donors (Lipinski definition) is 2. The fourth-order valence-electron chi connectivity index (χ4n) is 3.28. The van der Waals surface area contributed by atoms with Crippen LogP contribution in [0.25, 0.3) is 0 Å². The molecule has 0 bridgehead atoms. The van der Waals surface area contributed by atoms with Crippen LogP contribution in [0.1, 0.15) is 23.6 Å². The van der Waals surface area contributed by atoms with Crippen LogP contribution in [0.4, 0.5) is 11.4 Å². The summed E-state index contributed by atoms with van der Waals surface area (Å²) in [6.45, 7) is 4.45. The van der Waals surface area contributed by atoms with Gasteiger partial charge in [0.2, 0.25) is 15.9 Å². The maximum Gasteiger partial charge on any atom is 0.243 e. The number of nitrogens with zero attached hydrogens (tertiary/aromatic N) is 1. The second kappa shape index (κ2) is 8.51. The van der Waals surface area contributed by atoms with Gasteiger partial charge in [0, 0.05) is 29.5 Å². The minimum absolute atomic E-state index is 0.101. The Kier molecular flexibility index (Phi) is 6.27. The third-order valence-corrected chi connectivity index (χ3v) is 7.21. The third kappa shape index (κ3) is 4.48. The van der Waals surface area contributed by atoms with Crippen molar-refractivity contribution in [2.45, 2.75) is 26.8 Å². The van der Waals surface area contributed by atoms with Gasteiger partial charge in [0.05, 0.1) is 12.3 Å². The van der Waals surface area contributed by atoms with Gasteiger partial charge in [0.1, 0.15) is 0 Å². The van der Waals surface area contributed by atoms with Crippen LogP contribution in [-0.4, -0.2) is 37.5 Å². The van der Waals surface area contributed by atoms with Crippen molar-refractivity contribution < 1.29 is 13.2 Å². The lowest BCUT2D eigenvalue weighted by atomic mass is 9.99. The lowest BCUT2D eigenvalue weighted by Gasteiger charge is -2.29. The van der Waals surface area contributed by atoms with Gasteiger partial charge >= 0.3 is 0 Å². The van der Waals surface area contributed by atoms with Gasteiger partial charge in [-0.2, -0.15) is 4.31 Å². The summed E-state index contributed by atoms with van der Waals surface area (Å²) in [4.78, 5) is 12.3. The number of amides is 1. The molecule has 2 N–H and O–H groups in total. The number of nitrogens with one attached hydrogen (secondary N) is 2. The Balaban J connectivity index is 1.67. The highest BCUT2D eigenvalue weighted by molar-refractivity contribution is 7.89. The number of carbonyl (C=O) groups excluding carboxylic acids is 1. The predicted octanol–water partition coefficient (Wildman–Crippen LogP) is 3.41. The molecule has 0 aromatic heterocycles. The van der Waals surface area contributed by atoms with E-state index in [1.165, 1.54) is 4.31 Å². The Bertz CT molecular complexity index is 992. The molecule has 1 amide bonds. The number of sulfonamides is 1. The summed E-state index contributed by atoms with van der Waals surface area (Å²) in [6, 6.07) is 11.1. The van der Waals surface area contributed by atoms with Crippen LogP contribution in [0, 0.1) is 6.92 Å². The zero-order chi connectivity index (χ0) is 20.3. The summed E-state index contributed by atoms with van der Waals surface area (Å²) in [5.41, 5.74) is 4.42. The number of rotatable bonds is 6. The standard InChI is InChI=1S/C20H24ClN3O3S/c1-3-28(26,27)24-11-10-16-15(13-24)6-4-9-19(16)22-12-20(25)23-18-8-5-7-17(21)14(18)2/h4-9,22H,3,10-13H2,1-2H3,(H,23,25). The van der Waals surface area contributed by atoms with Crippen LogP contribution >= 0.6 is 11.6 Å². The Labute approximate surface area is 170 Å². The molecule has 2 aromatic carbocycles. The van der Waals surface area contributed by atoms with E-state index in [1.807, 2.05) is 31.2 Å². The second-order valence-corrected chi connectivity index (χ2v) is 9.41. The number of halogens is 1. The van der Waals surface area contributed by atoms with Crippen molar-refractivity contribution in [2.75, 3.05) is 29.5 Å². The van der Waals surface area contributed by atoms with Crippen LogP contribution in [-0.2, 0) is 27.8 Å². The summed E-state index contributed by atoms with van der Waals surface area (Å²) < 4.78 is 25.8. The van der Waals surface area contributed by atoms with E-state index >= 15 is 0 Å². The molecule has 0 spiro atoms. The SMILES string of the molecule is CCS(=O)(=O)N1CCc2c(cccc2NCC(=O)Nc2cccc(Cl)c2C)C1. The molecule has 2 aromatic rings. The molecule has 8 heteroatoms. The predicted molar refractivity (Wildman–Crippen MR) is 113 cm³/mol. The third-order valence-electron chi connectivity index (χ3n) is 4.97. The molecule has 0 saturated carbocycles. The van der Waals surface area contributed by atoms with E-state index in [-0.39, 0.29) is 18.2 Å². The van der Waals surface area contributed by atoms with Crippen LogP contribution in [0.2, 0.25) is 5.02 Å². The first-order valence-corrected chi connectivity index (χ1v) is 11.2. The Hall–Kier alpha value is -2.09. The van der Waals surface area contributed by atoms with Crippen molar-refractivity contribution in [1.29, 1.82) is 0 Å².